The Kier molecular flexibility index (Phi) is 3.60. The van der Waals surface area contributed by atoms with Gasteiger partial charge in [-0.25, -0.2) is 0 Å². The number of rotatable bonds is 3. The highest BCUT2D eigenvalue weighted by atomic mass is 32.2. The van der Waals surface area contributed by atoms with Crippen molar-refractivity contribution in [3.63, 3.8) is 0 Å². The summed E-state index contributed by atoms with van der Waals surface area (Å²) in [4.78, 5) is 1.20. The van der Waals surface area contributed by atoms with E-state index < -0.39 is 5.79 Å². The van der Waals surface area contributed by atoms with Crippen LogP contribution in [0.4, 0.5) is 0 Å². The first-order valence-electron chi connectivity index (χ1n) is 6.82. The monoisotopic (exact) mass is 280 g/mol. The van der Waals surface area contributed by atoms with Crippen LogP contribution in [-0.4, -0.2) is 29.5 Å². The summed E-state index contributed by atoms with van der Waals surface area (Å²) >= 11 is 1.72. The van der Waals surface area contributed by atoms with E-state index in [4.69, 9.17) is 14.2 Å². The molecule has 1 unspecified atom stereocenters. The van der Waals surface area contributed by atoms with E-state index in [-0.39, 0.29) is 23.7 Å². The predicted molar refractivity (Wildman–Crippen MR) is 75.1 cm³/mol. The number of benzene rings is 1. The molecule has 0 bridgehead atoms. The van der Waals surface area contributed by atoms with Gasteiger partial charge in [0, 0.05) is 4.90 Å². The third-order valence-corrected chi connectivity index (χ3v) is 4.66. The summed E-state index contributed by atoms with van der Waals surface area (Å²) in [5.74, 6) is -0.498. The van der Waals surface area contributed by atoms with Crippen LogP contribution in [0.3, 0.4) is 0 Å². The van der Waals surface area contributed by atoms with Crippen LogP contribution in [0.5, 0.6) is 0 Å². The fourth-order valence-electron chi connectivity index (χ4n) is 2.70. The summed E-state index contributed by atoms with van der Waals surface area (Å²) in [6, 6.07) is 10.3. The van der Waals surface area contributed by atoms with Gasteiger partial charge < -0.3 is 14.2 Å². The van der Waals surface area contributed by atoms with Crippen LogP contribution in [0.1, 0.15) is 27.2 Å². The molecule has 2 fully saturated rings. The average molecular weight is 280 g/mol. The van der Waals surface area contributed by atoms with Gasteiger partial charge in [-0.15, -0.1) is 0 Å². The maximum atomic E-state index is 6.09. The van der Waals surface area contributed by atoms with E-state index in [0.29, 0.717) is 0 Å². The van der Waals surface area contributed by atoms with Gasteiger partial charge in [0.2, 0.25) is 0 Å². The lowest BCUT2D eigenvalue weighted by Gasteiger charge is -2.23. The summed E-state index contributed by atoms with van der Waals surface area (Å²) in [5, 5.41) is 0. The van der Waals surface area contributed by atoms with Gasteiger partial charge >= 0.3 is 0 Å². The highest BCUT2D eigenvalue weighted by Crippen LogP contribution is 2.44. The molecule has 1 aromatic rings. The molecule has 2 heterocycles. The van der Waals surface area contributed by atoms with Crippen molar-refractivity contribution in [1.82, 2.24) is 0 Å². The molecule has 2 saturated heterocycles. The van der Waals surface area contributed by atoms with Gasteiger partial charge in [0.05, 0.1) is 6.10 Å². The molecule has 19 heavy (non-hydrogen) atoms. The van der Waals surface area contributed by atoms with E-state index in [1.54, 1.807) is 11.8 Å². The van der Waals surface area contributed by atoms with E-state index in [1.165, 1.54) is 4.90 Å². The Labute approximate surface area is 118 Å². The molecule has 3 rings (SSSR count). The molecule has 0 spiro atoms. The number of fused-ring (bicyclic) bond motifs is 1. The molecule has 104 valence electrons. The van der Waals surface area contributed by atoms with E-state index in [2.05, 4.69) is 19.1 Å². The van der Waals surface area contributed by atoms with Crippen LogP contribution >= 0.6 is 11.8 Å². The Morgan fingerprint density at radius 3 is 2.47 bits per heavy atom. The molecule has 4 heteroatoms. The van der Waals surface area contributed by atoms with E-state index >= 15 is 0 Å². The lowest BCUT2D eigenvalue weighted by atomic mass is 10.1. The zero-order valence-electron chi connectivity index (χ0n) is 11.5. The number of hydrogen-bond donors (Lipinski definition) is 0. The average Bonchev–Trinajstić information content (AvgIpc) is 2.85. The fraction of sp³-hybridized carbons (Fsp3) is 0.600. The summed E-state index contributed by atoms with van der Waals surface area (Å²) in [6.45, 7) is 6.08. The van der Waals surface area contributed by atoms with Crippen LogP contribution in [0.15, 0.2) is 35.2 Å². The number of hydrogen-bond acceptors (Lipinski definition) is 4. The maximum absolute atomic E-state index is 6.09. The van der Waals surface area contributed by atoms with Gasteiger partial charge in [0.1, 0.15) is 17.6 Å². The molecule has 0 aliphatic carbocycles. The molecule has 0 aromatic heterocycles. The Hall–Kier alpha value is -0.550. The quantitative estimate of drug-likeness (QED) is 0.848. The Balaban J connectivity index is 1.76. The molecule has 2 aliphatic rings. The molecule has 4 atom stereocenters. The van der Waals surface area contributed by atoms with Crippen molar-refractivity contribution in [1.29, 1.82) is 0 Å². The molecule has 1 aromatic carbocycles. The van der Waals surface area contributed by atoms with Crippen LogP contribution in [-0.2, 0) is 14.2 Å². The summed E-state index contributed by atoms with van der Waals surface area (Å²) in [6.07, 6.45) is 1.16. The molecule has 3 nitrogen and oxygen atoms in total. The number of thioether (sulfide) groups is 1. The lowest BCUT2D eigenvalue weighted by Crippen LogP contribution is -2.28. The second kappa shape index (κ2) is 5.09. The van der Waals surface area contributed by atoms with Gasteiger partial charge in [-0.2, -0.15) is 0 Å². The second-order valence-corrected chi connectivity index (χ2v) is 6.62. The van der Waals surface area contributed by atoms with Crippen molar-refractivity contribution < 1.29 is 14.2 Å². The SMILES string of the molecule is CC[C@H]1O[C@@H](Sc2ccccc2)C2OC(C)(C)O[C@H]21. The normalized spacial score (nSPS) is 36.4. The highest BCUT2D eigenvalue weighted by molar-refractivity contribution is 7.99. The first-order chi connectivity index (χ1) is 9.09. The largest absolute Gasteiger partial charge is 0.358 e. The Morgan fingerprint density at radius 2 is 1.79 bits per heavy atom. The highest BCUT2D eigenvalue weighted by Gasteiger charge is 2.54. The molecule has 0 radical (unpaired) electrons. The topological polar surface area (TPSA) is 27.7 Å². The van der Waals surface area contributed by atoms with Gasteiger partial charge in [0.25, 0.3) is 0 Å². The summed E-state index contributed by atoms with van der Waals surface area (Å²) in [5.41, 5.74) is 0.0131. The Morgan fingerprint density at radius 1 is 1.11 bits per heavy atom. The van der Waals surface area contributed by atoms with Crippen molar-refractivity contribution in [2.45, 2.75) is 61.6 Å². The third kappa shape index (κ3) is 2.68. The van der Waals surface area contributed by atoms with E-state index in [0.717, 1.165) is 6.42 Å². The van der Waals surface area contributed by atoms with Crippen molar-refractivity contribution in [2.75, 3.05) is 0 Å². The second-order valence-electron chi connectivity index (χ2n) is 5.45. The van der Waals surface area contributed by atoms with Crippen molar-refractivity contribution >= 4 is 11.8 Å². The smallest absolute Gasteiger partial charge is 0.164 e. The van der Waals surface area contributed by atoms with Crippen LogP contribution in [0.25, 0.3) is 0 Å². The number of ether oxygens (including phenoxy) is 3. The van der Waals surface area contributed by atoms with Crippen LogP contribution < -0.4 is 0 Å². The zero-order chi connectivity index (χ0) is 13.5. The van der Waals surface area contributed by atoms with Gasteiger partial charge in [-0.05, 0) is 32.4 Å². The molecule has 0 N–H and O–H groups in total. The minimum absolute atomic E-state index is 0.0131. The van der Waals surface area contributed by atoms with Crippen molar-refractivity contribution in [2.24, 2.45) is 0 Å². The van der Waals surface area contributed by atoms with Crippen molar-refractivity contribution in [3.05, 3.63) is 30.3 Å². The molecule has 0 amide bonds. The third-order valence-electron chi connectivity index (χ3n) is 3.50. The fourth-order valence-corrected chi connectivity index (χ4v) is 3.82. The maximum Gasteiger partial charge on any atom is 0.164 e. The first-order valence-corrected chi connectivity index (χ1v) is 7.70. The lowest BCUT2D eigenvalue weighted by molar-refractivity contribution is -0.178. The predicted octanol–water partition coefficient (Wildman–Crippen LogP) is 3.43. The van der Waals surface area contributed by atoms with Crippen molar-refractivity contribution in [3.8, 4) is 0 Å². The van der Waals surface area contributed by atoms with Gasteiger partial charge in [-0.3, -0.25) is 0 Å². The van der Waals surface area contributed by atoms with E-state index in [1.807, 2.05) is 32.0 Å². The van der Waals surface area contributed by atoms with Gasteiger partial charge in [0.15, 0.2) is 5.79 Å². The standard InChI is InChI=1S/C15H20O3S/c1-4-11-12-13(18-15(2,3)17-12)14(16-11)19-10-8-6-5-7-9-10/h5-9,11-14H,4H2,1-3H3/t11-,12+,13?,14+/m1/s1. The summed E-state index contributed by atoms with van der Waals surface area (Å²) in [7, 11) is 0. The molecule has 0 saturated carbocycles. The minimum atomic E-state index is -0.498. The zero-order valence-corrected chi connectivity index (χ0v) is 12.4. The van der Waals surface area contributed by atoms with Gasteiger partial charge in [-0.1, -0.05) is 36.9 Å². The molecular weight excluding hydrogens is 260 g/mol. The Bertz CT molecular complexity index is 434. The first kappa shape index (κ1) is 13.4. The van der Waals surface area contributed by atoms with Crippen LogP contribution in [0, 0.1) is 0 Å². The molecule has 2 aliphatic heterocycles. The molecular formula is C15H20O3S. The minimum Gasteiger partial charge on any atom is -0.358 e. The van der Waals surface area contributed by atoms with E-state index in [9.17, 15) is 0 Å². The van der Waals surface area contributed by atoms with Crippen LogP contribution in [0.2, 0.25) is 0 Å². The summed E-state index contributed by atoms with van der Waals surface area (Å²) < 4.78 is 18.1.